The first kappa shape index (κ1) is 36.0. The van der Waals surface area contributed by atoms with Gasteiger partial charge in [-0.2, -0.15) is 0 Å². The number of ether oxygens (including phenoxy) is 1. The van der Waals surface area contributed by atoms with Crippen molar-refractivity contribution in [2.75, 3.05) is 20.2 Å². The Balaban J connectivity index is 1.06. The third-order valence-electron chi connectivity index (χ3n) is 9.91. The Morgan fingerprint density at radius 3 is 2.55 bits per heavy atom. The molecule has 264 valence electrons. The average molecular weight is 785 g/mol. The van der Waals surface area contributed by atoms with E-state index in [4.69, 9.17) is 9.73 Å². The van der Waals surface area contributed by atoms with Gasteiger partial charge in [0.25, 0.3) is 0 Å². The van der Waals surface area contributed by atoms with E-state index in [2.05, 4.69) is 86.8 Å². The van der Waals surface area contributed by atoms with Gasteiger partial charge in [-0.15, -0.1) is 23.5 Å². The van der Waals surface area contributed by atoms with E-state index >= 15 is 0 Å². The van der Waals surface area contributed by atoms with Gasteiger partial charge in [-0.05, 0) is 90.2 Å². The molecule has 2 N–H and O–H groups in total. The lowest BCUT2D eigenvalue weighted by atomic mass is 9.90. The molecule has 51 heavy (non-hydrogen) atoms. The van der Waals surface area contributed by atoms with Gasteiger partial charge in [-0.1, -0.05) is 83.0 Å². The molecular weight excluding hydrogens is 742 g/mol. The highest BCUT2D eigenvalue weighted by molar-refractivity contribution is 9.10. The van der Waals surface area contributed by atoms with Crippen molar-refractivity contribution in [1.29, 1.82) is 0 Å². The maximum absolute atomic E-state index is 13.9. The normalized spacial score (nSPS) is 18.6. The van der Waals surface area contributed by atoms with Crippen molar-refractivity contribution < 1.29 is 14.2 Å². The van der Waals surface area contributed by atoms with E-state index in [0.29, 0.717) is 0 Å². The summed E-state index contributed by atoms with van der Waals surface area (Å²) >= 11 is 7.20. The van der Waals surface area contributed by atoms with E-state index in [0.717, 1.165) is 99.7 Å². The van der Waals surface area contributed by atoms with Gasteiger partial charge in [0.2, 0.25) is 0 Å². The molecule has 0 aromatic heterocycles. The zero-order chi connectivity index (χ0) is 35.2. The zero-order valence-electron chi connectivity index (χ0n) is 28.7. The van der Waals surface area contributed by atoms with Crippen molar-refractivity contribution in [3.63, 3.8) is 0 Å². The number of thioether (sulfide) groups is 2. The number of likely N-dealkylation sites (tertiary alicyclic amines) is 1. The van der Waals surface area contributed by atoms with Crippen molar-refractivity contribution in [2.24, 2.45) is 4.99 Å². The fraction of sp³-hybridized carbons (Fsp3) is 0.310. The van der Waals surface area contributed by atoms with Crippen LogP contribution in [0, 0.1) is 5.82 Å². The largest absolute Gasteiger partial charge is 0.496 e. The number of aliphatic imine (C=N–C) groups is 1. The van der Waals surface area contributed by atoms with Gasteiger partial charge < -0.3 is 15.2 Å². The predicted molar refractivity (Wildman–Crippen MR) is 214 cm³/mol. The molecule has 7 rings (SSSR count). The molecule has 0 bridgehead atoms. The molecule has 0 spiro atoms. The summed E-state index contributed by atoms with van der Waals surface area (Å²) in [6.45, 7) is 2.52. The number of hydrogen-bond donors (Lipinski definition) is 2. The van der Waals surface area contributed by atoms with Gasteiger partial charge in [0.15, 0.2) is 0 Å². The van der Waals surface area contributed by atoms with E-state index < -0.39 is 6.10 Å². The first-order valence-electron chi connectivity index (χ1n) is 17.6. The number of piperidine rings is 1. The third kappa shape index (κ3) is 8.66. The lowest BCUT2D eigenvalue weighted by Gasteiger charge is -2.41. The summed E-state index contributed by atoms with van der Waals surface area (Å²) in [7, 11) is 1.72. The molecule has 0 saturated carbocycles. The highest BCUT2D eigenvalue weighted by Crippen LogP contribution is 2.35. The van der Waals surface area contributed by atoms with Crippen LogP contribution in [0.15, 0.2) is 122 Å². The second-order valence-electron chi connectivity index (χ2n) is 13.2. The van der Waals surface area contributed by atoms with Crippen molar-refractivity contribution in [2.45, 2.75) is 71.7 Å². The van der Waals surface area contributed by atoms with Crippen LogP contribution in [0.5, 0.6) is 5.75 Å². The number of methoxy groups -OCH3 is 1. The number of hydrogen-bond acceptors (Lipinski definition) is 7. The Morgan fingerprint density at radius 2 is 1.67 bits per heavy atom. The standard InChI is InChI=1S/C42H43BrFN3O2S2/c1-49-38-19-16-32(43)23-31(38)27-50-39-14-4-2-9-29(39)25-47-22-7-6-13-37(47)41(48)36-20-21-45-42(46-36)35-12-3-5-15-40(35)51-26-30-11-8-10-28-24-33(44)17-18-34(28)30/h2-5,8-12,14-19,23-24,36-37,41,48H,6-7,13,20-22,25-27H2,1H3,(H,45,46). The number of aliphatic hydroxyl groups is 1. The number of fused-ring (bicyclic) bond motifs is 1. The van der Waals surface area contributed by atoms with E-state index in [-0.39, 0.29) is 17.9 Å². The molecule has 0 aliphatic carbocycles. The van der Waals surface area contributed by atoms with Gasteiger partial charge >= 0.3 is 0 Å². The first-order chi connectivity index (χ1) is 25.0. The highest BCUT2D eigenvalue weighted by atomic mass is 79.9. The number of amidine groups is 1. The molecule has 1 fully saturated rings. The molecule has 0 amide bonds. The maximum atomic E-state index is 13.9. The maximum Gasteiger partial charge on any atom is 0.129 e. The fourth-order valence-corrected chi connectivity index (χ4v) is 9.78. The lowest BCUT2D eigenvalue weighted by molar-refractivity contribution is 0.00559. The number of nitrogens with one attached hydrogen (secondary N) is 1. The number of rotatable bonds is 12. The van der Waals surface area contributed by atoms with Gasteiger partial charge in [0, 0.05) is 56.0 Å². The smallest absolute Gasteiger partial charge is 0.129 e. The summed E-state index contributed by atoms with van der Waals surface area (Å²) < 4.78 is 20.6. The molecule has 3 unspecified atom stereocenters. The van der Waals surface area contributed by atoms with Crippen molar-refractivity contribution >= 4 is 56.1 Å². The molecule has 0 radical (unpaired) electrons. The summed E-state index contributed by atoms with van der Waals surface area (Å²) in [5, 5.41) is 17.6. The van der Waals surface area contributed by atoms with Crippen LogP contribution in [0.2, 0.25) is 0 Å². The van der Waals surface area contributed by atoms with Gasteiger partial charge in [0.05, 0.1) is 19.3 Å². The van der Waals surface area contributed by atoms with Crippen LogP contribution in [0.4, 0.5) is 4.39 Å². The van der Waals surface area contributed by atoms with E-state index in [1.165, 1.54) is 22.1 Å². The SMILES string of the molecule is COc1ccc(Br)cc1CSc1ccccc1CN1CCCCC1C(O)C1CCNC(c2ccccc2SCc2cccc3cc(F)ccc23)=N1. The third-order valence-corrected chi connectivity index (χ3v) is 12.7. The minimum absolute atomic E-state index is 0.0379. The number of aliphatic hydroxyl groups excluding tert-OH is 1. The second kappa shape index (κ2) is 17.0. The topological polar surface area (TPSA) is 57.1 Å². The van der Waals surface area contributed by atoms with Gasteiger partial charge in [0.1, 0.15) is 17.4 Å². The van der Waals surface area contributed by atoms with Crippen LogP contribution in [-0.4, -0.2) is 54.2 Å². The summed E-state index contributed by atoms with van der Waals surface area (Å²) in [6, 6.07) is 34.1. The monoisotopic (exact) mass is 783 g/mol. The Labute approximate surface area is 317 Å². The lowest BCUT2D eigenvalue weighted by Crippen LogP contribution is -2.52. The number of benzene rings is 5. The first-order valence-corrected chi connectivity index (χ1v) is 20.4. The Morgan fingerprint density at radius 1 is 0.882 bits per heavy atom. The molecule has 2 aliphatic heterocycles. The van der Waals surface area contributed by atoms with Gasteiger partial charge in [-0.25, -0.2) is 4.39 Å². The van der Waals surface area contributed by atoms with Crippen molar-refractivity contribution in [3.8, 4) is 5.75 Å². The minimum atomic E-state index is -0.566. The summed E-state index contributed by atoms with van der Waals surface area (Å²) in [6.07, 6.45) is 3.42. The Bertz CT molecular complexity index is 2010. The zero-order valence-corrected chi connectivity index (χ0v) is 32.0. The highest BCUT2D eigenvalue weighted by Gasteiger charge is 2.35. The van der Waals surface area contributed by atoms with Crippen molar-refractivity contribution in [3.05, 3.63) is 136 Å². The molecule has 2 heterocycles. The van der Waals surface area contributed by atoms with Crippen molar-refractivity contribution in [1.82, 2.24) is 10.2 Å². The molecule has 5 aromatic rings. The van der Waals surface area contributed by atoms with Crippen LogP contribution in [0.1, 0.15) is 47.9 Å². The van der Waals surface area contributed by atoms with Crippen LogP contribution in [0.25, 0.3) is 10.8 Å². The van der Waals surface area contributed by atoms with Crippen LogP contribution >= 0.6 is 39.5 Å². The number of halogens is 2. The summed E-state index contributed by atoms with van der Waals surface area (Å²) in [4.78, 5) is 10.1. The second-order valence-corrected chi connectivity index (χ2v) is 16.2. The minimum Gasteiger partial charge on any atom is -0.496 e. The molecule has 3 atom stereocenters. The van der Waals surface area contributed by atoms with E-state index in [1.54, 1.807) is 24.9 Å². The Kier molecular flexibility index (Phi) is 12.0. The van der Waals surface area contributed by atoms with Crippen LogP contribution < -0.4 is 10.1 Å². The molecule has 5 nitrogen and oxygen atoms in total. The molecule has 5 aromatic carbocycles. The predicted octanol–water partition coefficient (Wildman–Crippen LogP) is 9.86. The quantitative estimate of drug-likeness (QED) is 0.123. The van der Waals surface area contributed by atoms with Crippen LogP contribution in [-0.2, 0) is 18.1 Å². The summed E-state index contributed by atoms with van der Waals surface area (Å²) in [5.41, 5.74) is 4.67. The van der Waals surface area contributed by atoms with E-state index in [9.17, 15) is 9.50 Å². The molecule has 1 saturated heterocycles. The van der Waals surface area contributed by atoms with Crippen LogP contribution in [0.3, 0.4) is 0 Å². The molecular formula is C42H43BrFN3O2S2. The average Bonchev–Trinajstić information content (AvgIpc) is 3.16. The Hall–Kier alpha value is -3.34. The summed E-state index contributed by atoms with van der Waals surface area (Å²) in [5.74, 6) is 3.09. The number of nitrogens with zero attached hydrogens (tertiary/aromatic N) is 2. The molecule has 9 heteroatoms. The van der Waals surface area contributed by atoms with E-state index in [1.807, 2.05) is 42.1 Å². The molecule has 2 aliphatic rings. The fourth-order valence-electron chi connectivity index (χ4n) is 7.28. The van der Waals surface area contributed by atoms with Gasteiger partial charge in [-0.3, -0.25) is 9.89 Å².